The maximum Gasteiger partial charge on any atom is 0.0738 e. The van der Waals surface area contributed by atoms with Gasteiger partial charge >= 0.3 is 0 Å². The van der Waals surface area contributed by atoms with Crippen molar-refractivity contribution in [3.8, 4) is 0 Å². The van der Waals surface area contributed by atoms with Gasteiger partial charge in [0.05, 0.1) is 62.2 Å². The molecule has 3 aromatic heterocycles. The first-order valence-electron chi connectivity index (χ1n) is 20.1. The fraction of sp³-hybridized carbons (Fsp3) is 0. The summed E-state index contributed by atoms with van der Waals surface area (Å²) in [6.45, 7) is 0. The van der Waals surface area contributed by atoms with Gasteiger partial charge in [-0.05, 0) is 103 Å². The van der Waals surface area contributed by atoms with Gasteiger partial charge < -0.3 is 5.73 Å². The van der Waals surface area contributed by atoms with Crippen LogP contribution in [0.25, 0.3) is 55.0 Å². The van der Waals surface area contributed by atoms with Crippen molar-refractivity contribution in [3.05, 3.63) is 228 Å². The number of rotatable bonds is 4. The second-order valence-corrected chi connectivity index (χ2v) is 15.2. The predicted molar refractivity (Wildman–Crippen MR) is 250 cm³/mol. The van der Waals surface area contributed by atoms with Crippen LogP contribution in [0.15, 0.2) is 225 Å². The maximum absolute atomic E-state index is 6.22. The highest BCUT2D eigenvalue weighted by Crippen LogP contribution is 2.39. The maximum atomic E-state index is 6.22. The molecule has 12 rings (SSSR count). The van der Waals surface area contributed by atoms with Gasteiger partial charge in [0, 0.05) is 79.4 Å². The quantitative estimate of drug-likeness (QED) is 0.179. The Balaban J connectivity index is 1.16. The van der Waals surface area contributed by atoms with Crippen molar-refractivity contribution in [3.63, 3.8) is 0 Å². The molecule has 0 fully saturated rings. The molecule has 5 aliphatic rings. The Hall–Kier alpha value is -8.49. The highest BCUT2D eigenvalue weighted by Gasteiger charge is 2.28. The zero-order chi connectivity index (χ0) is 40.4. The van der Waals surface area contributed by atoms with E-state index in [0.29, 0.717) is 5.69 Å². The van der Waals surface area contributed by atoms with Gasteiger partial charge in [-0.25, -0.2) is 20.0 Å². The summed E-state index contributed by atoms with van der Waals surface area (Å²) in [5, 5.41) is 3.08. The summed E-state index contributed by atoms with van der Waals surface area (Å²) in [6, 6.07) is 38.8. The molecule has 0 radical (unpaired) electrons. The monoisotopic (exact) mass is 780 g/mol. The van der Waals surface area contributed by atoms with Crippen molar-refractivity contribution in [2.45, 2.75) is 0 Å². The Morgan fingerprint density at radius 1 is 0.311 bits per heavy atom. The molecular formula is C53H32N8. The number of aromatic nitrogens is 3. The third kappa shape index (κ3) is 5.96. The summed E-state index contributed by atoms with van der Waals surface area (Å²) >= 11 is 0. The van der Waals surface area contributed by atoms with Crippen molar-refractivity contribution < 1.29 is 0 Å². The largest absolute Gasteiger partial charge is 0.399 e. The van der Waals surface area contributed by atoms with Crippen molar-refractivity contribution in [1.29, 1.82) is 0 Å². The molecule has 0 saturated carbocycles. The number of nitrogens with zero attached hydrogens (tertiary/aromatic N) is 7. The summed E-state index contributed by atoms with van der Waals surface area (Å²) < 4.78 is 0. The molecular weight excluding hydrogens is 749 g/mol. The molecule has 2 N–H and O–H groups in total. The molecule has 0 atom stereocenters. The van der Waals surface area contributed by atoms with Crippen LogP contribution in [-0.2, 0) is 0 Å². The second-order valence-electron chi connectivity index (χ2n) is 15.2. The van der Waals surface area contributed by atoms with Crippen LogP contribution >= 0.6 is 0 Å². The van der Waals surface area contributed by atoms with E-state index < -0.39 is 0 Å². The third-order valence-electron chi connectivity index (χ3n) is 11.4. The number of benzene rings is 4. The normalized spacial score (nSPS) is 16.8. The smallest absolute Gasteiger partial charge is 0.0738 e. The van der Waals surface area contributed by atoms with Gasteiger partial charge in [-0.2, -0.15) is 0 Å². The number of pyridine rings is 3. The molecule has 8 nitrogen and oxygen atoms in total. The molecule has 7 aromatic rings. The van der Waals surface area contributed by atoms with Gasteiger partial charge in [0.1, 0.15) is 0 Å². The first kappa shape index (κ1) is 34.5. The Labute approximate surface area is 350 Å². The van der Waals surface area contributed by atoms with E-state index in [-0.39, 0.29) is 0 Å². The SMILES string of the molecule is Nc1ccc(C2=C3C=CC(=N3)C(c3cnc4ccccc4c3)=C3C=CC(=N3)C(c3cnc4ccccc4c3)=C3C=CC(=N3)C(c3cnc4ccccc4c3)=C3C=CC2=N3)cc1. The molecule has 0 unspecified atom stereocenters. The summed E-state index contributed by atoms with van der Waals surface area (Å²) in [6.07, 6.45) is 22.3. The minimum absolute atomic E-state index is 0.676. The molecule has 284 valence electrons. The van der Waals surface area contributed by atoms with Crippen LogP contribution in [-0.4, -0.2) is 37.8 Å². The Morgan fingerprint density at radius 3 is 0.967 bits per heavy atom. The minimum atomic E-state index is 0.676. The van der Waals surface area contributed by atoms with E-state index in [1.807, 2.05) is 97.5 Å². The lowest BCUT2D eigenvalue weighted by Crippen LogP contribution is -2.04. The number of hydrogen-bond acceptors (Lipinski definition) is 8. The van der Waals surface area contributed by atoms with Crippen molar-refractivity contribution in [2.24, 2.45) is 20.0 Å². The topological polar surface area (TPSA) is 114 Å². The van der Waals surface area contributed by atoms with Gasteiger partial charge in [0.15, 0.2) is 0 Å². The van der Waals surface area contributed by atoms with Gasteiger partial charge in [-0.3, -0.25) is 15.0 Å². The zero-order valence-electron chi connectivity index (χ0n) is 32.5. The number of para-hydroxylation sites is 3. The van der Waals surface area contributed by atoms with E-state index >= 15 is 0 Å². The van der Waals surface area contributed by atoms with Crippen molar-refractivity contribution in [1.82, 2.24) is 15.0 Å². The lowest BCUT2D eigenvalue weighted by molar-refractivity contribution is 1.36. The van der Waals surface area contributed by atoms with Crippen LogP contribution in [0.5, 0.6) is 0 Å². The highest BCUT2D eigenvalue weighted by atomic mass is 14.9. The number of aliphatic imine (C=N–C) groups is 4. The third-order valence-corrected chi connectivity index (χ3v) is 11.4. The van der Waals surface area contributed by atoms with Gasteiger partial charge in [0.2, 0.25) is 0 Å². The lowest BCUT2D eigenvalue weighted by atomic mass is 9.98. The van der Waals surface area contributed by atoms with Crippen LogP contribution in [0.1, 0.15) is 22.3 Å². The fourth-order valence-electron chi connectivity index (χ4n) is 8.54. The van der Waals surface area contributed by atoms with E-state index in [0.717, 1.165) is 123 Å². The number of anilines is 1. The van der Waals surface area contributed by atoms with Gasteiger partial charge in [0.25, 0.3) is 0 Å². The molecule has 0 amide bonds. The average molecular weight is 781 g/mol. The molecule has 5 aliphatic heterocycles. The minimum Gasteiger partial charge on any atom is -0.399 e. The lowest BCUT2D eigenvalue weighted by Gasteiger charge is -2.13. The zero-order valence-corrected chi connectivity index (χ0v) is 32.5. The summed E-state index contributed by atoms with van der Waals surface area (Å²) in [7, 11) is 0. The Kier molecular flexibility index (Phi) is 7.83. The summed E-state index contributed by atoms with van der Waals surface area (Å²) in [4.78, 5) is 36.3. The van der Waals surface area contributed by atoms with Crippen LogP contribution in [0, 0.1) is 0 Å². The summed E-state index contributed by atoms with van der Waals surface area (Å²) in [5.41, 5.74) is 22.9. The van der Waals surface area contributed by atoms with E-state index in [4.69, 9.17) is 40.7 Å². The molecule has 61 heavy (non-hydrogen) atoms. The molecule has 0 aliphatic carbocycles. The molecule has 8 bridgehead atoms. The Morgan fingerprint density at radius 2 is 0.623 bits per heavy atom. The molecule has 0 spiro atoms. The van der Waals surface area contributed by atoms with Crippen LogP contribution in [0.3, 0.4) is 0 Å². The van der Waals surface area contributed by atoms with Crippen LogP contribution < -0.4 is 5.73 Å². The first-order valence-corrected chi connectivity index (χ1v) is 20.1. The molecule has 4 aromatic carbocycles. The Bertz CT molecular complexity index is 3430. The predicted octanol–water partition coefficient (Wildman–Crippen LogP) is 10.9. The van der Waals surface area contributed by atoms with E-state index in [1.54, 1.807) is 0 Å². The fourth-order valence-corrected chi connectivity index (χ4v) is 8.54. The average Bonchev–Trinajstić information content (AvgIpc) is 4.15. The van der Waals surface area contributed by atoms with Crippen molar-refractivity contribution >= 4 is 83.5 Å². The van der Waals surface area contributed by atoms with E-state index in [2.05, 4.69) is 85.0 Å². The number of allylic oxidation sites excluding steroid dienone is 12. The second kappa shape index (κ2) is 13.8. The number of fused-ring (bicyclic) bond motifs is 7. The van der Waals surface area contributed by atoms with Crippen LogP contribution in [0.4, 0.5) is 5.69 Å². The van der Waals surface area contributed by atoms with Crippen molar-refractivity contribution in [2.75, 3.05) is 5.73 Å². The highest BCUT2D eigenvalue weighted by molar-refractivity contribution is 6.39. The molecule has 8 heterocycles. The standard InChI is InChI=1S/C53H32N8/c54-38-15-13-31(14-16-38)50-42-17-19-44(58-42)51(35-25-32-7-1-4-10-39(32)55-28-35)46-21-23-48(60-46)53(37-27-34-9-3-6-12-41(34)57-30-37)49-24-22-47(61-49)52(45-20-18-43(50)59-45)36-26-33-8-2-5-11-40(33)56-29-36/h1-30H,54H2. The van der Waals surface area contributed by atoms with Gasteiger partial charge in [-0.1, -0.05) is 66.7 Å². The number of hydrogen-bond donors (Lipinski definition) is 1. The van der Waals surface area contributed by atoms with E-state index in [9.17, 15) is 0 Å². The number of nitrogen functional groups attached to an aromatic ring is 1. The van der Waals surface area contributed by atoms with E-state index in [1.165, 1.54) is 0 Å². The number of nitrogens with two attached hydrogens (primary N) is 1. The first-order chi connectivity index (χ1) is 30.1. The van der Waals surface area contributed by atoms with Crippen LogP contribution in [0.2, 0.25) is 0 Å². The molecule has 0 saturated heterocycles. The van der Waals surface area contributed by atoms with Gasteiger partial charge in [-0.15, -0.1) is 0 Å². The summed E-state index contributed by atoms with van der Waals surface area (Å²) in [5.74, 6) is 0. The molecule has 8 heteroatoms.